The van der Waals surface area contributed by atoms with E-state index in [0.717, 1.165) is 17.2 Å². The van der Waals surface area contributed by atoms with Gasteiger partial charge in [0.1, 0.15) is 11.4 Å². The molecule has 104 valence electrons. The van der Waals surface area contributed by atoms with Crippen molar-refractivity contribution in [1.29, 1.82) is 0 Å². The fourth-order valence-electron chi connectivity index (χ4n) is 2.15. The first-order valence-electron chi connectivity index (χ1n) is 6.29. The maximum atomic E-state index is 13.7. The van der Waals surface area contributed by atoms with Crippen LogP contribution in [0.3, 0.4) is 0 Å². The highest BCUT2D eigenvalue weighted by Crippen LogP contribution is 2.22. The van der Waals surface area contributed by atoms with Crippen LogP contribution in [0.1, 0.15) is 10.4 Å². The highest BCUT2D eigenvalue weighted by Gasteiger charge is 2.17. The summed E-state index contributed by atoms with van der Waals surface area (Å²) in [5.41, 5.74) is 1.60. The second-order valence-electron chi connectivity index (χ2n) is 4.48. The van der Waals surface area contributed by atoms with Crippen molar-refractivity contribution in [3.63, 3.8) is 0 Å². The van der Waals surface area contributed by atoms with E-state index in [1.54, 1.807) is 12.4 Å². The molecule has 0 unspecified atom stereocenters. The number of carbonyl (C=O) groups is 1. The Morgan fingerprint density at radius 2 is 1.81 bits per heavy atom. The van der Waals surface area contributed by atoms with E-state index in [1.165, 1.54) is 16.8 Å². The van der Waals surface area contributed by atoms with Gasteiger partial charge in [-0.05, 0) is 17.7 Å². The van der Waals surface area contributed by atoms with Crippen LogP contribution < -0.4 is 0 Å². The molecule has 0 atom stereocenters. The number of halogens is 1. The Balaban J connectivity index is 2.09. The number of carboxylic acids is 1. The number of carboxylic acid groups (broad SMARTS) is 1. The molecule has 0 spiro atoms. The molecule has 0 radical (unpaired) electrons. The number of aromatic carboxylic acids is 1. The molecule has 1 N–H and O–H groups in total. The van der Waals surface area contributed by atoms with E-state index in [1.807, 2.05) is 30.3 Å². The van der Waals surface area contributed by atoms with Crippen molar-refractivity contribution in [2.45, 2.75) is 0 Å². The molecule has 5 heteroatoms. The molecule has 21 heavy (non-hydrogen) atoms. The summed E-state index contributed by atoms with van der Waals surface area (Å²) in [5.74, 6) is -2.10. The lowest BCUT2D eigenvalue weighted by molar-refractivity contribution is 0.0691. The summed E-state index contributed by atoms with van der Waals surface area (Å²) in [7, 11) is 0. The minimum atomic E-state index is -1.32. The predicted octanol–water partition coefficient (Wildman–Crippen LogP) is 3.38. The lowest BCUT2D eigenvalue weighted by Gasteiger charge is -2.06. The van der Waals surface area contributed by atoms with Gasteiger partial charge in [0.05, 0.1) is 11.9 Å². The van der Waals surface area contributed by atoms with Gasteiger partial charge >= 0.3 is 5.97 Å². The zero-order chi connectivity index (χ0) is 14.8. The summed E-state index contributed by atoms with van der Waals surface area (Å²) >= 11 is 0. The minimum absolute atomic E-state index is 0.199. The number of nitrogens with zero attached hydrogens (tertiary/aromatic N) is 2. The highest BCUT2D eigenvalue weighted by atomic mass is 19.1. The van der Waals surface area contributed by atoms with E-state index in [4.69, 9.17) is 5.11 Å². The molecular formula is C16H11FN2O2. The van der Waals surface area contributed by atoms with Crippen molar-refractivity contribution in [1.82, 2.24) is 9.78 Å². The molecule has 1 heterocycles. The van der Waals surface area contributed by atoms with Gasteiger partial charge in [-0.2, -0.15) is 5.10 Å². The van der Waals surface area contributed by atoms with Crippen LogP contribution in [0.4, 0.5) is 4.39 Å². The second-order valence-corrected chi connectivity index (χ2v) is 4.48. The Bertz CT molecular complexity index is 797. The molecule has 3 aromatic rings. The summed E-state index contributed by atoms with van der Waals surface area (Å²) in [6, 6.07) is 13.7. The Labute approximate surface area is 120 Å². The van der Waals surface area contributed by atoms with E-state index < -0.39 is 11.8 Å². The van der Waals surface area contributed by atoms with Crippen molar-refractivity contribution < 1.29 is 14.3 Å². The molecule has 0 aliphatic carbocycles. The SMILES string of the molecule is O=C(O)c1c(F)cccc1-n1cc(-c2ccccc2)cn1. The average Bonchev–Trinajstić information content (AvgIpc) is 2.97. The lowest BCUT2D eigenvalue weighted by atomic mass is 10.1. The van der Waals surface area contributed by atoms with Gasteiger partial charge in [-0.15, -0.1) is 0 Å². The van der Waals surface area contributed by atoms with E-state index in [0.29, 0.717) is 0 Å². The summed E-state index contributed by atoms with van der Waals surface area (Å²) in [4.78, 5) is 11.2. The lowest BCUT2D eigenvalue weighted by Crippen LogP contribution is -2.08. The van der Waals surface area contributed by atoms with E-state index in [-0.39, 0.29) is 11.3 Å². The number of hydrogen-bond acceptors (Lipinski definition) is 2. The van der Waals surface area contributed by atoms with Gasteiger partial charge in [-0.3, -0.25) is 0 Å². The van der Waals surface area contributed by atoms with Crippen LogP contribution in [0.25, 0.3) is 16.8 Å². The van der Waals surface area contributed by atoms with Crippen molar-refractivity contribution in [2.24, 2.45) is 0 Å². The van der Waals surface area contributed by atoms with Crippen LogP contribution in [0, 0.1) is 5.82 Å². The maximum Gasteiger partial charge on any atom is 0.340 e. The van der Waals surface area contributed by atoms with Gasteiger partial charge in [0, 0.05) is 11.8 Å². The van der Waals surface area contributed by atoms with Crippen molar-refractivity contribution in [3.05, 3.63) is 72.3 Å². The van der Waals surface area contributed by atoms with Gasteiger partial charge in [0.2, 0.25) is 0 Å². The van der Waals surface area contributed by atoms with Gasteiger partial charge in [-0.25, -0.2) is 13.9 Å². The van der Waals surface area contributed by atoms with Gasteiger partial charge in [0.15, 0.2) is 0 Å². The predicted molar refractivity (Wildman–Crippen MR) is 75.9 cm³/mol. The molecular weight excluding hydrogens is 271 g/mol. The summed E-state index contributed by atoms with van der Waals surface area (Å²) in [6.45, 7) is 0. The Morgan fingerprint density at radius 1 is 1.05 bits per heavy atom. The third kappa shape index (κ3) is 2.41. The molecule has 0 saturated heterocycles. The topological polar surface area (TPSA) is 55.1 Å². The first-order chi connectivity index (χ1) is 10.2. The standard InChI is InChI=1S/C16H11FN2O2/c17-13-7-4-8-14(15(13)16(20)21)19-10-12(9-18-19)11-5-2-1-3-6-11/h1-10H,(H,20,21). The van der Waals surface area contributed by atoms with Crippen LogP contribution >= 0.6 is 0 Å². The maximum absolute atomic E-state index is 13.7. The fourth-order valence-corrected chi connectivity index (χ4v) is 2.15. The third-order valence-electron chi connectivity index (χ3n) is 3.14. The number of aromatic nitrogens is 2. The van der Waals surface area contributed by atoms with E-state index in [9.17, 15) is 9.18 Å². The van der Waals surface area contributed by atoms with Crippen molar-refractivity contribution >= 4 is 5.97 Å². The van der Waals surface area contributed by atoms with Gasteiger partial charge < -0.3 is 5.11 Å². The number of benzene rings is 2. The summed E-state index contributed by atoms with van der Waals surface area (Å²) in [5, 5.41) is 13.3. The largest absolute Gasteiger partial charge is 0.478 e. The Morgan fingerprint density at radius 3 is 2.52 bits per heavy atom. The van der Waals surface area contributed by atoms with Crippen LogP contribution in [0.5, 0.6) is 0 Å². The summed E-state index contributed by atoms with van der Waals surface area (Å²) < 4.78 is 15.1. The van der Waals surface area contributed by atoms with Gasteiger partial charge in [0.25, 0.3) is 0 Å². The van der Waals surface area contributed by atoms with Crippen molar-refractivity contribution in [3.8, 4) is 16.8 Å². The quantitative estimate of drug-likeness (QED) is 0.801. The normalized spacial score (nSPS) is 10.5. The van der Waals surface area contributed by atoms with Crippen LogP contribution in [-0.4, -0.2) is 20.9 Å². The van der Waals surface area contributed by atoms with Crippen LogP contribution in [-0.2, 0) is 0 Å². The summed E-state index contributed by atoms with van der Waals surface area (Å²) in [6.07, 6.45) is 3.29. The van der Waals surface area contributed by atoms with E-state index >= 15 is 0 Å². The van der Waals surface area contributed by atoms with Crippen LogP contribution in [0.2, 0.25) is 0 Å². The first-order valence-corrected chi connectivity index (χ1v) is 6.29. The molecule has 0 fully saturated rings. The molecule has 0 amide bonds. The van der Waals surface area contributed by atoms with Crippen LogP contribution in [0.15, 0.2) is 60.9 Å². The molecule has 0 aliphatic heterocycles. The second kappa shape index (κ2) is 5.20. The Hall–Kier alpha value is -2.95. The number of hydrogen-bond donors (Lipinski definition) is 1. The van der Waals surface area contributed by atoms with Crippen molar-refractivity contribution in [2.75, 3.05) is 0 Å². The molecule has 2 aromatic carbocycles. The fraction of sp³-hybridized carbons (Fsp3) is 0. The minimum Gasteiger partial charge on any atom is -0.478 e. The third-order valence-corrected chi connectivity index (χ3v) is 3.14. The highest BCUT2D eigenvalue weighted by molar-refractivity contribution is 5.92. The molecule has 3 rings (SSSR count). The average molecular weight is 282 g/mol. The smallest absolute Gasteiger partial charge is 0.340 e. The number of rotatable bonds is 3. The van der Waals surface area contributed by atoms with Gasteiger partial charge in [-0.1, -0.05) is 36.4 Å². The molecule has 0 bridgehead atoms. The molecule has 1 aromatic heterocycles. The van der Waals surface area contributed by atoms with E-state index in [2.05, 4.69) is 5.10 Å². The zero-order valence-electron chi connectivity index (χ0n) is 10.9. The first kappa shape index (κ1) is 13.1. The molecule has 0 saturated carbocycles. The molecule has 0 aliphatic rings. The molecule has 4 nitrogen and oxygen atoms in total. The zero-order valence-corrected chi connectivity index (χ0v) is 10.9. The Kier molecular flexibility index (Phi) is 3.23. The monoisotopic (exact) mass is 282 g/mol.